The highest BCUT2D eigenvalue weighted by atomic mass is 32.2. The number of fused-ring (bicyclic) bond motifs is 4. The first-order chi connectivity index (χ1) is 22.4. The second-order valence-electron chi connectivity index (χ2n) is 13.2. The number of ether oxygens (including phenoxy) is 2. The summed E-state index contributed by atoms with van der Waals surface area (Å²) in [7, 11) is -4.17. The third-order valence-electron chi connectivity index (χ3n) is 8.18. The van der Waals surface area contributed by atoms with Gasteiger partial charge in [0.05, 0.1) is 42.6 Å². The number of amides is 1. The van der Waals surface area contributed by atoms with Crippen molar-refractivity contribution in [1.29, 1.82) is 0 Å². The molecule has 0 aliphatic carbocycles. The number of anilines is 2. The average Bonchev–Trinajstić information content (AvgIpc) is 3.50. The van der Waals surface area contributed by atoms with Crippen molar-refractivity contribution in [2.45, 2.75) is 58.5 Å². The monoisotopic (exact) mass is 660 g/mol. The lowest BCUT2D eigenvalue weighted by atomic mass is 9.87. The van der Waals surface area contributed by atoms with Crippen LogP contribution in [0.25, 0.3) is 11.3 Å². The van der Waals surface area contributed by atoms with Crippen molar-refractivity contribution in [3.63, 3.8) is 0 Å². The van der Waals surface area contributed by atoms with Crippen LogP contribution in [0.3, 0.4) is 0 Å². The summed E-state index contributed by atoms with van der Waals surface area (Å²) in [6.45, 7) is 12.9. The van der Waals surface area contributed by atoms with Gasteiger partial charge in [-0.15, -0.1) is 0 Å². The fourth-order valence-electron chi connectivity index (χ4n) is 5.99. The minimum absolute atomic E-state index is 0.0859. The maximum atomic E-state index is 14.4. The Morgan fingerprint density at radius 1 is 1.00 bits per heavy atom. The number of benzene rings is 2. The Hall–Kier alpha value is -4.49. The topological polar surface area (TPSA) is 140 Å². The Morgan fingerprint density at radius 3 is 2.45 bits per heavy atom. The highest BCUT2D eigenvalue weighted by Gasteiger charge is 2.32. The lowest BCUT2D eigenvalue weighted by Crippen LogP contribution is -2.45. The summed E-state index contributed by atoms with van der Waals surface area (Å²) in [5.74, 6) is 0.187. The van der Waals surface area contributed by atoms with Crippen LogP contribution in [-0.2, 0) is 21.3 Å². The minimum Gasteiger partial charge on any atom is -0.475 e. The van der Waals surface area contributed by atoms with Gasteiger partial charge in [-0.25, -0.2) is 23.1 Å². The molecule has 1 fully saturated rings. The van der Waals surface area contributed by atoms with Gasteiger partial charge >= 0.3 is 0 Å². The highest BCUT2D eigenvalue weighted by molar-refractivity contribution is 7.92. The van der Waals surface area contributed by atoms with Crippen LogP contribution < -0.4 is 14.4 Å². The van der Waals surface area contributed by atoms with Crippen LogP contribution >= 0.6 is 0 Å². The van der Waals surface area contributed by atoms with Crippen molar-refractivity contribution < 1.29 is 27.1 Å². The molecule has 0 unspecified atom stereocenters. The molecule has 1 atom stereocenters. The first-order valence-corrected chi connectivity index (χ1v) is 17.1. The van der Waals surface area contributed by atoms with Crippen LogP contribution in [0.1, 0.15) is 54.4 Å². The summed E-state index contributed by atoms with van der Waals surface area (Å²) in [6, 6.07) is 13.6. The standard InChI is InChI=1S/C34H40N6O6S/c1-22-8-6-9-23(2)30(22)28-17-29-37-32(36-28)38-47(42,43)27-11-7-10-24(16-27)31(41)40(25(21-45-29)18-34(3,4)5)20-26-19-35-33(46-26)39-12-14-44-15-13-39/h6-11,16-17,19,25H,12-15,18,20-21H2,1-5H3,(H,36,37,38)/t25-/m1/s1. The van der Waals surface area contributed by atoms with Crippen molar-refractivity contribution in [1.82, 2.24) is 19.9 Å². The Morgan fingerprint density at radius 2 is 1.72 bits per heavy atom. The van der Waals surface area contributed by atoms with Gasteiger partial charge in [0.25, 0.3) is 21.9 Å². The molecule has 0 radical (unpaired) electrons. The van der Waals surface area contributed by atoms with E-state index in [9.17, 15) is 13.2 Å². The van der Waals surface area contributed by atoms with Crippen LogP contribution in [0.2, 0.25) is 0 Å². The van der Waals surface area contributed by atoms with E-state index in [0.717, 1.165) is 16.7 Å². The van der Waals surface area contributed by atoms with Gasteiger partial charge in [0.2, 0.25) is 11.8 Å². The predicted molar refractivity (Wildman–Crippen MR) is 177 cm³/mol. The van der Waals surface area contributed by atoms with Crippen LogP contribution in [0.4, 0.5) is 12.0 Å². The van der Waals surface area contributed by atoms with Crippen LogP contribution in [0, 0.1) is 19.3 Å². The second-order valence-corrected chi connectivity index (χ2v) is 14.9. The third-order valence-corrected chi connectivity index (χ3v) is 9.51. The highest BCUT2D eigenvalue weighted by Crippen LogP contribution is 2.32. The van der Waals surface area contributed by atoms with Crippen LogP contribution in [-0.4, -0.2) is 73.1 Å². The molecule has 2 aliphatic rings. The number of aromatic nitrogens is 3. The molecule has 248 valence electrons. The fourth-order valence-corrected chi connectivity index (χ4v) is 6.97. The van der Waals surface area contributed by atoms with Gasteiger partial charge in [-0.1, -0.05) is 45.0 Å². The minimum atomic E-state index is -4.17. The molecule has 1 amide bonds. The van der Waals surface area contributed by atoms with Crippen molar-refractivity contribution in [2.75, 3.05) is 42.5 Å². The first kappa shape index (κ1) is 32.5. The molecule has 0 saturated carbocycles. The van der Waals surface area contributed by atoms with Gasteiger partial charge in [-0.2, -0.15) is 4.98 Å². The van der Waals surface area contributed by atoms with Crippen molar-refractivity contribution in [3.8, 4) is 17.1 Å². The fraction of sp³-hybridized carbons (Fsp3) is 0.412. The van der Waals surface area contributed by atoms with E-state index in [1.807, 2.05) is 36.9 Å². The second kappa shape index (κ2) is 13.0. The molecule has 1 saturated heterocycles. The zero-order valence-corrected chi connectivity index (χ0v) is 28.1. The number of hydrogen-bond acceptors (Lipinski definition) is 10. The van der Waals surface area contributed by atoms with E-state index >= 15 is 0 Å². The number of sulfonamides is 1. The van der Waals surface area contributed by atoms with E-state index in [1.165, 1.54) is 12.1 Å². The molecule has 4 bridgehead atoms. The smallest absolute Gasteiger partial charge is 0.297 e. The zero-order chi connectivity index (χ0) is 33.3. The Bertz CT molecular complexity index is 1860. The summed E-state index contributed by atoms with van der Waals surface area (Å²) < 4.78 is 47.8. The van der Waals surface area contributed by atoms with Gasteiger partial charge < -0.3 is 23.7 Å². The molecule has 0 spiro atoms. The Labute approximate surface area is 275 Å². The number of nitrogens with zero attached hydrogens (tertiary/aromatic N) is 5. The molecule has 2 aliphatic heterocycles. The number of morpholine rings is 1. The Balaban J connectivity index is 1.45. The summed E-state index contributed by atoms with van der Waals surface area (Å²) >= 11 is 0. The normalized spacial score (nSPS) is 18.4. The number of carbonyl (C=O) groups excluding carboxylic acids is 1. The van der Waals surface area contributed by atoms with Crippen LogP contribution in [0.5, 0.6) is 5.88 Å². The van der Waals surface area contributed by atoms with Gasteiger partial charge in [-0.3, -0.25) is 4.79 Å². The third kappa shape index (κ3) is 7.41. The molecule has 2 aromatic carbocycles. The van der Waals surface area contributed by atoms with Gasteiger partial charge in [0.15, 0.2) is 0 Å². The van der Waals surface area contributed by atoms with Crippen molar-refractivity contribution in [2.24, 2.45) is 5.41 Å². The number of carbonyl (C=O) groups is 1. The number of oxazole rings is 1. The molecule has 4 aromatic rings. The lowest BCUT2D eigenvalue weighted by Gasteiger charge is -2.35. The predicted octanol–water partition coefficient (Wildman–Crippen LogP) is 5.23. The number of hydrogen-bond donors (Lipinski definition) is 1. The van der Waals surface area contributed by atoms with E-state index in [0.29, 0.717) is 50.2 Å². The van der Waals surface area contributed by atoms with Gasteiger partial charge in [0.1, 0.15) is 12.4 Å². The SMILES string of the molecule is Cc1cccc(C)c1-c1cc2nc(n1)NS(=O)(=O)c1cccc(c1)C(=O)N(Cc1cnc(N3CCOCC3)o1)[C@H](CC(C)(C)C)CO2. The van der Waals surface area contributed by atoms with E-state index < -0.39 is 16.1 Å². The van der Waals surface area contributed by atoms with E-state index in [-0.39, 0.29) is 46.8 Å². The van der Waals surface area contributed by atoms with Crippen molar-refractivity contribution in [3.05, 3.63) is 77.2 Å². The molecule has 12 nitrogen and oxygen atoms in total. The van der Waals surface area contributed by atoms with E-state index in [4.69, 9.17) is 13.9 Å². The average molecular weight is 661 g/mol. The van der Waals surface area contributed by atoms with E-state index in [1.54, 1.807) is 29.3 Å². The molecule has 2 aromatic heterocycles. The van der Waals surface area contributed by atoms with Gasteiger partial charge in [0, 0.05) is 30.3 Å². The summed E-state index contributed by atoms with van der Waals surface area (Å²) in [5.41, 5.74) is 3.33. The summed E-state index contributed by atoms with van der Waals surface area (Å²) in [4.78, 5) is 31.5. The van der Waals surface area contributed by atoms with E-state index in [2.05, 4.69) is 40.4 Å². The molecular weight excluding hydrogens is 620 g/mol. The quantitative estimate of drug-likeness (QED) is 0.303. The molecule has 47 heavy (non-hydrogen) atoms. The maximum Gasteiger partial charge on any atom is 0.297 e. The molecule has 13 heteroatoms. The van der Waals surface area contributed by atoms with Crippen molar-refractivity contribution >= 4 is 27.9 Å². The zero-order valence-electron chi connectivity index (χ0n) is 27.3. The number of aryl methyl sites for hydroxylation is 2. The summed E-state index contributed by atoms with van der Waals surface area (Å²) in [6.07, 6.45) is 2.20. The first-order valence-electron chi connectivity index (χ1n) is 15.7. The maximum absolute atomic E-state index is 14.4. The van der Waals surface area contributed by atoms with Crippen LogP contribution in [0.15, 0.2) is 64.0 Å². The molecule has 1 N–H and O–H groups in total. The number of nitrogens with one attached hydrogen (secondary N) is 1. The molecular formula is C34H40N6O6S. The Kier molecular flexibility index (Phi) is 8.95. The number of rotatable bonds is 5. The lowest BCUT2D eigenvalue weighted by molar-refractivity contribution is 0.0492. The summed E-state index contributed by atoms with van der Waals surface area (Å²) in [5, 5.41) is 0. The molecule has 6 rings (SSSR count). The molecule has 4 heterocycles. The van der Waals surface area contributed by atoms with Gasteiger partial charge in [-0.05, 0) is 55.0 Å². The largest absolute Gasteiger partial charge is 0.475 e.